The molecule has 92 valence electrons. The lowest BCUT2D eigenvalue weighted by Crippen LogP contribution is -2.32. The number of aliphatic hydroxyl groups excluding tert-OH is 2. The highest BCUT2D eigenvalue weighted by Gasteiger charge is 2.29. The van der Waals surface area contributed by atoms with Gasteiger partial charge in [-0.2, -0.15) is 4.98 Å². The van der Waals surface area contributed by atoms with E-state index in [0.29, 0.717) is 0 Å². The van der Waals surface area contributed by atoms with Crippen molar-refractivity contribution in [2.24, 2.45) is 0 Å². The number of hydrogen-bond donors (Lipinski definition) is 4. The Kier molecular flexibility index (Phi) is 3.09. The van der Waals surface area contributed by atoms with Crippen molar-refractivity contribution in [3.8, 4) is 0 Å². The maximum Gasteiger partial charge on any atom is 0.352 e. The molecule has 0 fully saturated rings. The Morgan fingerprint density at radius 2 is 2.35 bits per heavy atom. The van der Waals surface area contributed by atoms with Gasteiger partial charge in [0, 0.05) is 6.20 Å². The lowest BCUT2D eigenvalue weighted by atomic mass is 10.3. The van der Waals surface area contributed by atoms with Crippen LogP contribution < -0.4 is 11.2 Å². The molecule has 0 bridgehead atoms. The molecular weight excluding hydrogens is 230 g/mol. The van der Waals surface area contributed by atoms with Crippen molar-refractivity contribution < 1.29 is 20.2 Å². The quantitative estimate of drug-likeness (QED) is 0.491. The number of nitrogens with zero attached hydrogens (tertiary/aromatic N) is 2. The molecule has 0 aliphatic carbocycles. The van der Waals surface area contributed by atoms with Gasteiger partial charge >= 0.3 is 5.69 Å². The van der Waals surface area contributed by atoms with Gasteiger partial charge in [-0.1, -0.05) is 0 Å². The van der Waals surface area contributed by atoms with Crippen LogP contribution in [-0.4, -0.2) is 37.7 Å². The molecule has 0 amide bonds. The third-order valence-corrected chi connectivity index (χ3v) is 2.30. The molecule has 1 aromatic rings. The average Bonchev–Trinajstić information content (AvgIpc) is 2.70. The van der Waals surface area contributed by atoms with E-state index >= 15 is 0 Å². The van der Waals surface area contributed by atoms with Crippen LogP contribution in [0, 0.1) is 0 Å². The van der Waals surface area contributed by atoms with Gasteiger partial charge in [0.2, 0.25) is 6.23 Å². The third-order valence-electron chi connectivity index (χ3n) is 2.30. The Morgan fingerprint density at radius 1 is 1.59 bits per heavy atom. The summed E-state index contributed by atoms with van der Waals surface area (Å²) >= 11 is 0. The second kappa shape index (κ2) is 4.53. The lowest BCUT2D eigenvalue weighted by molar-refractivity contribution is -0.0103. The molecule has 1 aromatic heterocycles. The molecule has 1 aliphatic heterocycles. The number of rotatable bonds is 3. The first-order valence-electron chi connectivity index (χ1n) is 4.81. The summed E-state index contributed by atoms with van der Waals surface area (Å²) in [6.07, 6.45) is 0.639. The molecule has 2 rings (SSSR count). The summed E-state index contributed by atoms with van der Waals surface area (Å²) in [6, 6.07) is 1.34. The lowest BCUT2D eigenvalue weighted by Gasteiger charge is -2.17. The molecule has 0 saturated carbocycles. The first-order valence-corrected chi connectivity index (χ1v) is 4.81. The fourth-order valence-electron chi connectivity index (χ4n) is 1.52. The van der Waals surface area contributed by atoms with E-state index in [1.165, 1.54) is 18.3 Å². The molecule has 0 aromatic carbocycles. The largest absolute Gasteiger partial charge is 0.469 e. The summed E-state index contributed by atoms with van der Waals surface area (Å²) in [6.45, 7) is -0.355. The summed E-state index contributed by atoms with van der Waals surface area (Å²) in [5, 5.41) is 27.0. The molecule has 2 atom stereocenters. The van der Waals surface area contributed by atoms with Crippen molar-refractivity contribution in [3.63, 3.8) is 0 Å². The maximum absolute atomic E-state index is 11.6. The predicted molar refractivity (Wildman–Crippen MR) is 55.2 cm³/mol. The summed E-state index contributed by atoms with van der Waals surface area (Å²) in [5.41, 5.74) is 1.04. The van der Waals surface area contributed by atoms with E-state index in [1.54, 1.807) is 5.48 Å². The van der Waals surface area contributed by atoms with Gasteiger partial charge in [0.15, 0.2) is 5.82 Å². The van der Waals surface area contributed by atoms with Crippen molar-refractivity contribution >= 4 is 5.82 Å². The Morgan fingerprint density at radius 3 is 2.88 bits per heavy atom. The zero-order valence-electron chi connectivity index (χ0n) is 8.65. The number of hydrogen-bond acceptors (Lipinski definition) is 7. The highest BCUT2D eigenvalue weighted by Crippen LogP contribution is 2.24. The number of aromatic nitrogens is 2. The Labute approximate surface area is 95.4 Å². The van der Waals surface area contributed by atoms with Gasteiger partial charge in [-0.3, -0.25) is 15.3 Å². The SMILES string of the molecule is O=c1nc(NO)ccn1[C@@H]1OC(CO)=C[C@H]1O. The van der Waals surface area contributed by atoms with E-state index in [2.05, 4.69) is 4.98 Å². The van der Waals surface area contributed by atoms with Crippen molar-refractivity contribution in [2.45, 2.75) is 12.3 Å². The Bertz CT molecular complexity index is 498. The zero-order chi connectivity index (χ0) is 12.4. The van der Waals surface area contributed by atoms with Gasteiger partial charge in [0.1, 0.15) is 18.5 Å². The summed E-state index contributed by atoms with van der Waals surface area (Å²) in [4.78, 5) is 15.0. The Hall–Kier alpha value is -1.90. The normalized spacial score (nSPS) is 23.1. The van der Waals surface area contributed by atoms with Crippen molar-refractivity contribution in [3.05, 3.63) is 34.6 Å². The third kappa shape index (κ3) is 2.13. The van der Waals surface area contributed by atoms with Crippen LogP contribution in [0.2, 0.25) is 0 Å². The molecular formula is C9H11N3O5. The average molecular weight is 241 g/mol. The number of anilines is 1. The van der Waals surface area contributed by atoms with E-state index in [1.807, 2.05) is 0 Å². The fourth-order valence-corrected chi connectivity index (χ4v) is 1.52. The first-order chi connectivity index (χ1) is 8.15. The maximum atomic E-state index is 11.6. The van der Waals surface area contributed by atoms with E-state index in [-0.39, 0.29) is 18.2 Å². The van der Waals surface area contributed by atoms with Crippen LogP contribution in [-0.2, 0) is 4.74 Å². The molecule has 0 saturated heterocycles. The standard InChI is InChI=1S/C9H11N3O5/c13-4-5-3-6(14)8(17-5)12-2-1-7(11-16)10-9(12)15/h1-3,6,8,13-14,16H,4H2,(H,10,11,15)/t6-,8-/m1/s1. The highest BCUT2D eigenvalue weighted by atomic mass is 16.5. The van der Waals surface area contributed by atoms with Crippen LogP contribution in [0.1, 0.15) is 6.23 Å². The fraction of sp³-hybridized carbons (Fsp3) is 0.333. The van der Waals surface area contributed by atoms with E-state index in [9.17, 15) is 9.90 Å². The molecule has 2 heterocycles. The zero-order valence-corrected chi connectivity index (χ0v) is 8.65. The highest BCUT2D eigenvalue weighted by molar-refractivity contribution is 5.28. The van der Waals surface area contributed by atoms with Crippen LogP contribution in [0.15, 0.2) is 28.9 Å². The van der Waals surface area contributed by atoms with Gasteiger partial charge < -0.3 is 14.9 Å². The number of nitrogens with one attached hydrogen (secondary N) is 1. The monoisotopic (exact) mass is 241 g/mol. The smallest absolute Gasteiger partial charge is 0.352 e. The van der Waals surface area contributed by atoms with E-state index in [0.717, 1.165) is 4.57 Å². The summed E-state index contributed by atoms with van der Waals surface area (Å²) in [5.74, 6) is 0.188. The molecule has 17 heavy (non-hydrogen) atoms. The van der Waals surface area contributed by atoms with Crippen molar-refractivity contribution in [2.75, 3.05) is 12.1 Å². The topological polar surface area (TPSA) is 117 Å². The number of ether oxygens (including phenoxy) is 1. The molecule has 4 N–H and O–H groups in total. The van der Waals surface area contributed by atoms with E-state index in [4.69, 9.17) is 15.1 Å². The van der Waals surface area contributed by atoms with Gasteiger partial charge in [0.25, 0.3) is 0 Å². The molecule has 8 nitrogen and oxygen atoms in total. The Balaban J connectivity index is 2.28. The second-order valence-electron chi connectivity index (χ2n) is 3.40. The van der Waals surface area contributed by atoms with Crippen LogP contribution in [0.25, 0.3) is 0 Å². The van der Waals surface area contributed by atoms with E-state index < -0.39 is 18.0 Å². The van der Waals surface area contributed by atoms with Crippen LogP contribution in [0.5, 0.6) is 0 Å². The first kappa shape index (κ1) is 11.6. The van der Waals surface area contributed by atoms with Gasteiger partial charge in [-0.15, -0.1) is 0 Å². The molecule has 1 aliphatic rings. The van der Waals surface area contributed by atoms with Crippen LogP contribution in [0.3, 0.4) is 0 Å². The van der Waals surface area contributed by atoms with Crippen LogP contribution >= 0.6 is 0 Å². The number of aliphatic hydroxyl groups is 2. The van der Waals surface area contributed by atoms with Crippen LogP contribution in [0.4, 0.5) is 5.82 Å². The minimum absolute atomic E-state index is 0.00548. The molecule has 8 heteroatoms. The molecule has 0 unspecified atom stereocenters. The van der Waals surface area contributed by atoms with Crippen molar-refractivity contribution in [1.29, 1.82) is 0 Å². The second-order valence-corrected chi connectivity index (χ2v) is 3.40. The van der Waals surface area contributed by atoms with Gasteiger partial charge in [-0.05, 0) is 12.1 Å². The minimum atomic E-state index is -1.04. The summed E-state index contributed by atoms with van der Waals surface area (Å²) < 4.78 is 6.22. The van der Waals surface area contributed by atoms with Crippen molar-refractivity contribution in [1.82, 2.24) is 9.55 Å². The predicted octanol–water partition coefficient (Wildman–Crippen LogP) is -1.19. The van der Waals surface area contributed by atoms with Gasteiger partial charge in [-0.25, -0.2) is 4.79 Å². The molecule has 0 radical (unpaired) electrons. The van der Waals surface area contributed by atoms with Gasteiger partial charge in [0.05, 0.1) is 0 Å². The summed E-state index contributed by atoms with van der Waals surface area (Å²) in [7, 11) is 0. The minimum Gasteiger partial charge on any atom is -0.469 e. The molecule has 0 spiro atoms.